The van der Waals surface area contributed by atoms with Gasteiger partial charge in [0.05, 0.1) is 6.10 Å². The molecule has 0 fully saturated rings. The molecule has 0 saturated heterocycles. The number of alkyl halides is 17. The Morgan fingerprint density at radius 2 is 1.05 bits per heavy atom. The van der Waals surface area contributed by atoms with E-state index in [0.717, 1.165) is 0 Å². The van der Waals surface area contributed by atoms with E-state index in [1.54, 1.807) is 0 Å². The summed E-state index contributed by atoms with van der Waals surface area (Å²) in [5, 5.41) is 11.4. The molecule has 0 aliphatic rings. The van der Waals surface area contributed by atoms with E-state index in [1.807, 2.05) is 0 Å². The lowest BCUT2D eigenvalue weighted by Gasteiger charge is -2.43. The second kappa shape index (κ2) is 10.6. The molecule has 218 valence electrons. The van der Waals surface area contributed by atoms with Gasteiger partial charge in [-0.15, -0.1) is 0 Å². The highest BCUT2D eigenvalue weighted by atomic mass is 19.4. The van der Waals surface area contributed by atoms with Gasteiger partial charge in [-0.3, -0.25) is 0 Å². The maximum absolute atomic E-state index is 13.8. The lowest BCUT2D eigenvalue weighted by atomic mass is 9.87. The second-order valence-electron chi connectivity index (χ2n) is 7.39. The van der Waals surface area contributed by atoms with Gasteiger partial charge in [0.25, 0.3) is 0 Å². The van der Waals surface area contributed by atoms with Gasteiger partial charge in [0.15, 0.2) is 0 Å². The van der Waals surface area contributed by atoms with Gasteiger partial charge in [-0.1, -0.05) is 31.4 Å². The average molecular weight is 585 g/mol. The minimum atomic E-state index is -8.68. The molecule has 0 heterocycles. The molecule has 0 aromatic carbocycles. The summed E-state index contributed by atoms with van der Waals surface area (Å²) in [6.07, 6.45) is -9.78. The Kier molecular flexibility index (Phi) is 10.0. The minimum absolute atomic E-state index is 0.134. The lowest BCUT2D eigenvalue weighted by Crippen LogP contribution is -2.74. The van der Waals surface area contributed by atoms with Gasteiger partial charge >= 0.3 is 47.6 Å². The quantitative estimate of drug-likeness (QED) is 0.177. The minimum Gasteiger partial charge on any atom is -0.392 e. The van der Waals surface area contributed by atoms with Crippen LogP contribution < -0.4 is 5.32 Å². The summed E-state index contributed by atoms with van der Waals surface area (Å²) < 4.78 is 224. The molecule has 37 heavy (non-hydrogen) atoms. The highest BCUT2D eigenvalue weighted by molar-refractivity contribution is 5.19. The molecular weight excluding hydrogens is 569 g/mol. The van der Waals surface area contributed by atoms with Crippen LogP contribution in [0.25, 0.3) is 0 Å². The predicted octanol–water partition coefficient (Wildman–Crippen LogP) is 6.63. The van der Waals surface area contributed by atoms with Crippen molar-refractivity contribution in [1.82, 2.24) is 5.32 Å². The van der Waals surface area contributed by atoms with E-state index >= 15 is 0 Å². The number of rotatable bonds is 14. The maximum atomic E-state index is 13.8. The number of aliphatic hydroxyl groups is 1. The Morgan fingerprint density at radius 3 is 1.43 bits per heavy atom. The van der Waals surface area contributed by atoms with Crippen molar-refractivity contribution in [3.8, 4) is 0 Å². The SMILES string of the molecule is C=C/C=C/C(=C)CNC[C@H](O)CC(F)(F)C(F)(F)C(F)(F)C(F)(F)C(F)(F)C(F)(F)C(F)(F)C(F)(F)F. The van der Waals surface area contributed by atoms with Crippen molar-refractivity contribution in [3.05, 3.63) is 37.0 Å². The van der Waals surface area contributed by atoms with E-state index in [0.29, 0.717) is 0 Å². The van der Waals surface area contributed by atoms with Crippen molar-refractivity contribution in [2.45, 2.75) is 60.2 Å². The summed E-state index contributed by atoms with van der Waals surface area (Å²) in [5.74, 6) is -56.9. The summed E-state index contributed by atoms with van der Waals surface area (Å²) in [6, 6.07) is 0. The number of halogens is 17. The molecule has 2 N–H and O–H groups in total. The summed E-state index contributed by atoms with van der Waals surface area (Å²) in [7, 11) is 0. The molecule has 0 aliphatic heterocycles. The van der Waals surface area contributed by atoms with Gasteiger partial charge in [0.1, 0.15) is 0 Å². The molecule has 0 radical (unpaired) electrons. The largest absolute Gasteiger partial charge is 0.460 e. The van der Waals surface area contributed by atoms with Crippen LogP contribution >= 0.6 is 0 Å². The molecular formula is C18H16F17NO. The van der Waals surface area contributed by atoms with E-state index in [2.05, 4.69) is 18.5 Å². The molecule has 2 nitrogen and oxygen atoms in total. The molecule has 0 aliphatic carbocycles. The number of nitrogens with one attached hydrogen (secondary N) is 1. The third-order valence-corrected chi connectivity index (χ3v) is 4.48. The van der Waals surface area contributed by atoms with Crippen LogP contribution in [0.5, 0.6) is 0 Å². The van der Waals surface area contributed by atoms with Gasteiger partial charge in [0.2, 0.25) is 0 Å². The first-order chi connectivity index (χ1) is 16.1. The van der Waals surface area contributed by atoms with Crippen molar-refractivity contribution in [2.24, 2.45) is 0 Å². The topological polar surface area (TPSA) is 32.3 Å². The number of allylic oxidation sites excluding steroid dienone is 2. The van der Waals surface area contributed by atoms with Gasteiger partial charge in [-0.2, -0.15) is 74.6 Å². The Hall–Kier alpha value is -2.05. The van der Waals surface area contributed by atoms with Crippen molar-refractivity contribution in [1.29, 1.82) is 0 Å². The molecule has 0 rings (SSSR count). The van der Waals surface area contributed by atoms with Crippen molar-refractivity contribution < 1.29 is 79.7 Å². The summed E-state index contributed by atoms with van der Waals surface area (Å²) >= 11 is 0. The third kappa shape index (κ3) is 6.01. The van der Waals surface area contributed by atoms with E-state index in [1.165, 1.54) is 18.2 Å². The van der Waals surface area contributed by atoms with E-state index in [9.17, 15) is 79.7 Å². The lowest BCUT2D eigenvalue weighted by molar-refractivity contribution is -0.462. The van der Waals surface area contributed by atoms with Crippen LogP contribution in [0, 0.1) is 0 Å². The first kappa shape index (κ1) is 35.0. The maximum Gasteiger partial charge on any atom is 0.460 e. The van der Waals surface area contributed by atoms with Crippen LogP contribution in [0.4, 0.5) is 74.6 Å². The Balaban J connectivity index is 6.10. The molecule has 0 aromatic rings. The fourth-order valence-corrected chi connectivity index (χ4v) is 2.36. The monoisotopic (exact) mass is 585 g/mol. The molecule has 0 saturated carbocycles. The normalized spacial score (nSPS) is 16.3. The highest BCUT2D eigenvalue weighted by Crippen LogP contribution is 2.64. The molecule has 0 amide bonds. The second-order valence-corrected chi connectivity index (χ2v) is 7.39. The van der Waals surface area contributed by atoms with Crippen molar-refractivity contribution in [3.63, 3.8) is 0 Å². The number of aliphatic hydroxyl groups excluding tert-OH is 1. The first-order valence-corrected chi connectivity index (χ1v) is 9.17. The van der Waals surface area contributed by atoms with E-state index in [4.69, 9.17) is 0 Å². The van der Waals surface area contributed by atoms with Crippen LogP contribution in [-0.2, 0) is 0 Å². The summed E-state index contributed by atoms with van der Waals surface area (Å²) in [6.45, 7) is 5.05. The Morgan fingerprint density at radius 1 is 0.676 bits per heavy atom. The fraction of sp³-hybridized carbons (Fsp3) is 0.667. The van der Waals surface area contributed by atoms with Crippen LogP contribution in [0.3, 0.4) is 0 Å². The third-order valence-electron chi connectivity index (χ3n) is 4.48. The van der Waals surface area contributed by atoms with Gasteiger partial charge < -0.3 is 10.4 Å². The zero-order valence-corrected chi connectivity index (χ0v) is 17.7. The molecule has 0 bridgehead atoms. The zero-order valence-electron chi connectivity index (χ0n) is 17.7. The number of hydrogen-bond acceptors (Lipinski definition) is 2. The predicted molar refractivity (Wildman–Crippen MR) is 92.7 cm³/mol. The smallest absolute Gasteiger partial charge is 0.392 e. The molecule has 19 heteroatoms. The van der Waals surface area contributed by atoms with Crippen LogP contribution in [0.2, 0.25) is 0 Å². The standard InChI is InChI=1S/C18H16F17NO/c1-3-4-5-9(2)7-36-8-10(37)6-11(19,20)12(21,22)13(23,24)14(25,26)15(27,28)16(29,30)17(31,32)18(33,34)35/h3-5,10,36-37H,1-2,6-8H2/b5-4+/t10-/m1/s1. The van der Waals surface area contributed by atoms with E-state index < -0.39 is 66.7 Å². The van der Waals surface area contributed by atoms with Crippen molar-refractivity contribution in [2.75, 3.05) is 13.1 Å². The molecule has 0 aromatic heterocycles. The first-order valence-electron chi connectivity index (χ1n) is 9.17. The fourth-order valence-electron chi connectivity index (χ4n) is 2.36. The Bertz CT molecular complexity index is 844. The van der Waals surface area contributed by atoms with Gasteiger partial charge in [-0.05, 0) is 5.57 Å². The molecule has 0 unspecified atom stereocenters. The Labute approximate surface area is 196 Å². The van der Waals surface area contributed by atoms with Gasteiger partial charge in [-0.25, -0.2) is 0 Å². The highest BCUT2D eigenvalue weighted by Gasteiger charge is 2.95. The van der Waals surface area contributed by atoms with E-state index in [-0.39, 0.29) is 12.1 Å². The van der Waals surface area contributed by atoms with Crippen LogP contribution in [0.15, 0.2) is 37.0 Å². The summed E-state index contributed by atoms with van der Waals surface area (Å²) in [4.78, 5) is 0. The van der Waals surface area contributed by atoms with Crippen LogP contribution in [0.1, 0.15) is 6.42 Å². The average Bonchev–Trinajstić information content (AvgIpc) is 2.70. The van der Waals surface area contributed by atoms with Crippen LogP contribution in [-0.4, -0.2) is 71.9 Å². The summed E-state index contributed by atoms with van der Waals surface area (Å²) in [5.41, 5.74) is 0.134. The molecule has 1 atom stereocenters. The molecule has 0 spiro atoms. The van der Waals surface area contributed by atoms with Gasteiger partial charge in [0, 0.05) is 19.5 Å². The number of hydrogen-bond donors (Lipinski definition) is 2. The zero-order chi connectivity index (χ0) is 30.1. The van der Waals surface area contributed by atoms with Crippen molar-refractivity contribution >= 4 is 0 Å².